The summed E-state index contributed by atoms with van der Waals surface area (Å²) in [5.41, 5.74) is 3.57. The average Bonchev–Trinajstić information content (AvgIpc) is 3.04. The van der Waals surface area contributed by atoms with Gasteiger partial charge in [-0.3, -0.25) is 19.7 Å². The first kappa shape index (κ1) is 19.5. The summed E-state index contributed by atoms with van der Waals surface area (Å²) >= 11 is 5.75. The number of nitrogens with zero attached hydrogens (tertiary/aromatic N) is 3. The van der Waals surface area contributed by atoms with Gasteiger partial charge in [-0.05, 0) is 11.6 Å². The van der Waals surface area contributed by atoms with Crippen LogP contribution in [0.1, 0.15) is 23.5 Å². The van der Waals surface area contributed by atoms with Gasteiger partial charge in [0.1, 0.15) is 11.6 Å². The molecule has 2 amide bonds. The Labute approximate surface area is 165 Å². The molecule has 0 spiro atoms. The molecule has 144 valence electrons. The fourth-order valence-electron chi connectivity index (χ4n) is 3.01. The van der Waals surface area contributed by atoms with Crippen molar-refractivity contribution >= 4 is 35.3 Å². The number of likely N-dealkylation sites (tertiary alicyclic amines) is 1. The van der Waals surface area contributed by atoms with Crippen molar-refractivity contribution in [1.82, 2.24) is 10.3 Å². The molecule has 1 saturated heterocycles. The molecule has 1 atom stereocenters. The fraction of sp³-hybridized carbons (Fsp3) is 0.211. The number of hydrogen-bond donors (Lipinski definition) is 1. The molecule has 2 aromatic carbocycles. The van der Waals surface area contributed by atoms with Crippen LogP contribution in [0.3, 0.4) is 0 Å². The summed E-state index contributed by atoms with van der Waals surface area (Å²) in [4.78, 5) is 36.0. The molecule has 3 rings (SSSR count). The van der Waals surface area contributed by atoms with E-state index in [0.717, 1.165) is 5.56 Å². The van der Waals surface area contributed by atoms with E-state index in [9.17, 15) is 19.7 Å². The van der Waals surface area contributed by atoms with Crippen LogP contribution in [-0.2, 0) is 9.59 Å². The van der Waals surface area contributed by atoms with Gasteiger partial charge in [-0.1, -0.05) is 48.0 Å². The lowest BCUT2D eigenvalue weighted by Crippen LogP contribution is -2.36. The predicted molar refractivity (Wildman–Crippen MR) is 104 cm³/mol. The van der Waals surface area contributed by atoms with E-state index in [1.807, 2.05) is 30.3 Å². The second kappa shape index (κ2) is 8.62. The zero-order valence-corrected chi connectivity index (χ0v) is 15.5. The summed E-state index contributed by atoms with van der Waals surface area (Å²) in [5, 5.41) is 14.7. The fourth-order valence-corrected chi connectivity index (χ4v) is 3.20. The van der Waals surface area contributed by atoms with Crippen LogP contribution < -0.4 is 5.43 Å². The van der Waals surface area contributed by atoms with Gasteiger partial charge in [0.2, 0.25) is 5.91 Å². The summed E-state index contributed by atoms with van der Waals surface area (Å²) in [7, 11) is 0. The molecule has 1 aliphatic heterocycles. The van der Waals surface area contributed by atoms with Gasteiger partial charge in [0.15, 0.2) is 0 Å². The second-order valence-corrected chi connectivity index (χ2v) is 6.75. The zero-order chi connectivity index (χ0) is 20.1. The minimum Gasteiger partial charge on any atom is -0.333 e. The Kier molecular flexibility index (Phi) is 6.00. The molecule has 8 nitrogen and oxygen atoms in total. The van der Waals surface area contributed by atoms with Crippen molar-refractivity contribution in [2.45, 2.75) is 12.3 Å². The number of nitro benzene ring substituents is 1. The Hall–Kier alpha value is -3.26. The van der Waals surface area contributed by atoms with Crippen molar-refractivity contribution in [3.63, 3.8) is 0 Å². The number of benzene rings is 2. The van der Waals surface area contributed by atoms with Gasteiger partial charge in [0.05, 0.1) is 11.1 Å². The van der Waals surface area contributed by atoms with Crippen LogP contribution in [-0.4, -0.2) is 40.9 Å². The molecule has 0 bridgehead atoms. The highest BCUT2D eigenvalue weighted by molar-refractivity contribution is 6.32. The molecule has 1 N–H and O–H groups in total. The standard InChI is InChI=1S/C19H17ClN4O4/c20-16-7-6-13(8-17(16)24(27)28)10-21-22-18(25)12-23-11-15(9-19(23)26)14-4-2-1-3-5-14/h1-8,10,15H,9,11-12H2,(H,22,25)/b21-10-/t15-/m1/s1. The van der Waals surface area contributed by atoms with Crippen LogP contribution in [0.25, 0.3) is 0 Å². The summed E-state index contributed by atoms with van der Waals surface area (Å²) in [5.74, 6) is -0.456. The van der Waals surface area contributed by atoms with E-state index in [0.29, 0.717) is 18.5 Å². The maximum Gasteiger partial charge on any atom is 0.288 e. The molecule has 1 aliphatic rings. The first-order valence-corrected chi connectivity index (χ1v) is 8.90. The van der Waals surface area contributed by atoms with Crippen LogP contribution in [0, 0.1) is 10.1 Å². The number of amides is 2. The third kappa shape index (κ3) is 4.72. The number of nitrogens with one attached hydrogen (secondary N) is 1. The van der Waals surface area contributed by atoms with Gasteiger partial charge in [0.25, 0.3) is 11.6 Å². The van der Waals surface area contributed by atoms with E-state index in [1.54, 1.807) is 6.07 Å². The van der Waals surface area contributed by atoms with Gasteiger partial charge in [-0.2, -0.15) is 5.10 Å². The Morgan fingerprint density at radius 2 is 2.07 bits per heavy atom. The Balaban J connectivity index is 1.55. The maximum atomic E-state index is 12.2. The summed E-state index contributed by atoms with van der Waals surface area (Å²) in [6, 6.07) is 13.9. The van der Waals surface area contributed by atoms with Crippen LogP contribution in [0.2, 0.25) is 5.02 Å². The first-order chi connectivity index (χ1) is 13.4. The second-order valence-electron chi connectivity index (χ2n) is 6.35. The molecular weight excluding hydrogens is 384 g/mol. The number of hydrazone groups is 1. The minimum absolute atomic E-state index is 0.0201. The maximum absolute atomic E-state index is 12.2. The van der Waals surface area contributed by atoms with Crippen molar-refractivity contribution in [3.05, 3.63) is 74.8 Å². The molecule has 2 aromatic rings. The first-order valence-electron chi connectivity index (χ1n) is 8.52. The Morgan fingerprint density at radius 3 is 2.79 bits per heavy atom. The molecule has 0 radical (unpaired) electrons. The normalized spacial score (nSPS) is 16.5. The van der Waals surface area contributed by atoms with E-state index >= 15 is 0 Å². The van der Waals surface area contributed by atoms with Gasteiger partial charge < -0.3 is 4.90 Å². The number of hydrogen-bond acceptors (Lipinski definition) is 5. The van der Waals surface area contributed by atoms with Gasteiger partial charge in [-0.15, -0.1) is 0 Å². The van der Waals surface area contributed by atoms with Crippen LogP contribution in [0.15, 0.2) is 53.6 Å². The highest BCUT2D eigenvalue weighted by Crippen LogP contribution is 2.27. The summed E-state index contributed by atoms with van der Waals surface area (Å²) < 4.78 is 0. The minimum atomic E-state index is -0.597. The van der Waals surface area contributed by atoms with E-state index in [-0.39, 0.29) is 29.1 Å². The van der Waals surface area contributed by atoms with E-state index in [4.69, 9.17) is 11.6 Å². The van der Waals surface area contributed by atoms with Gasteiger partial charge in [-0.25, -0.2) is 5.43 Å². The lowest BCUT2D eigenvalue weighted by atomic mass is 9.99. The SMILES string of the molecule is O=C(CN1C[C@H](c2ccccc2)CC1=O)N/N=C\c1ccc(Cl)c([N+](=O)[O-])c1. The lowest BCUT2D eigenvalue weighted by molar-refractivity contribution is -0.384. The number of nitro groups is 1. The topological polar surface area (TPSA) is 105 Å². The molecular formula is C19H17ClN4O4. The van der Waals surface area contributed by atoms with E-state index in [2.05, 4.69) is 10.5 Å². The average molecular weight is 401 g/mol. The van der Waals surface area contributed by atoms with Crippen LogP contribution >= 0.6 is 11.6 Å². The smallest absolute Gasteiger partial charge is 0.288 e. The molecule has 0 unspecified atom stereocenters. The molecule has 1 fully saturated rings. The predicted octanol–water partition coefficient (Wildman–Crippen LogP) is 2.71. The molecule has 1 heterocycles. The largest absolute Gasteiger partial charge is 0.333 e. The molecule has 0 aromatic heterocycles. The number of carbonyl (C=O) groups is 2. The van der Waals surface area contributed by atoms with Crippen molar-refractivity contribution in [2.24, 2.45) is 5.10 Å². The third-order valence-electron chi connectivity index (χ3n) is 4.39. The van der Waals surface area contributed by atoms with Crippen LogP contribution in [0.5, 0.6) is 0 Å². The zero-order valence-electron chi connectivity index (χ0n) is 14.7. The van der Waals surface area contributed by atoms with Gasteiger partial charge in [0, 0.05) is 30.5 Å². The highest BCUT2D eigenvalue weighted by Gasteiger charge is 2.31. The number of rotatable bonds is 6. The van der Waals surface area contributed by atoms with E-state index < -0.39 is 10.8 Å². The Bertz CT molecular complexity index is 933. The lowest BCUT2D eigenvalue weighted by Gasteiger charge is -2.15. The summed E-state index contributed by atoms with van der Waals surface area (Å²) in [6.45, 7) is 0.379. The van der Waals surface area contributed by atoms with Crippen molar-refractivity contribution < 1.29 is 14.5 Å². The highest BCUT2D eigenvalue weighted by atomic mass is 35.5. The van der Waals surface area contributed by atoms with Crippen molar-refractivity contribution in [3.8, 4) is 0 Å². The summed E-state index contributed by atoms with van der Waals surface area (Å²) in [6.07, 6.45) is 1.65. The van der Waals surface area contributed by atoms with Crippen molar-refractivity contribution in [2.75, 3.05) is 13.1 Å². The molecule has 0 saturated carbocycles. The Morgan fingerprint density at radius 1 is 1.32 bits per heavy atom. The monoisotopic (exact) mass is 400 g/mol. The third-order valence-corrected chi connectivity index (χ3v) is 4.71. The molecule has 28 heavy (non-hydrogen) atoms. The van der Waals surface area contributed by atoms with Crippen molar-refractivity contribution in [1.29, 1.82) is 0 Å². The number of carbonyl (C=O) groups excluding carboxylic acids is 2. The molecule has 0 aliphatic carbocycles. The quantitative estimate of drug-likeness (QED) is 0.457. The number of halogens is 1. The molecule has 9 heteroatoms. The van der Waals surface area contributed by atoms with E-state index in [1.165, 1.54) is 23.2 Å². The van der Waals surface area contributed by atoms with Crippen LogP contribution in [0.4, 0.5) is 5.69 Å². The van der Waals surface area contributed by atoms with Gasteiger partial charge >= 0.3 is 0 Å².